The second-order valence-corrected chi connectivity index (χ2v) is 9.24. The lowest BCUT2D eigenvalue weighted by atomic mass is 9.75. The highest BCUT2D eigenvalue weighted by atomic mass is 19.4. The Labute approximate surface area is 203 Å². The number of benzene rings is 2. The van der Waals surface area contributed by atoms with Crippen LogP contribution in [-0.4, -0.2) is 48.7 Å². The molecule has 1 atom stereocenters. The molecule has 0 radical (unpaired) electrons. The number of likely N-dealkylation sites (N-methyl/N-ethyl adjacent to an activating group) is 1. The topological polar surface area (TPSA) is 26.8 Å². The number of aryl methyl sites for hydroxylation is 1. The van der Waals surface area contributed by atoms with Crippen molar-refractivity contribution in [3.63, 3.8) is 0 Å². The van der Waals surface area contributed by atoms with E-state index in [-0.39, 0.29) is 13.0 Å². The standard InChI is InChI=1S/C27H29F4N3O/c1-4-13-26(21-6-8-22(28)9-7-21)23-16-19(2)5-10-24(23)33(17-20-11-14-32(3)15-12-20)25(35)34(26)18-27(29,30)31/h5-12,14,16H,4,13,15,17-18H2,1-3H3. The predicted molar refractivity (Wildman–Crippen MR) is 129 cm³/mol. The van der Waals surface area contributed by atoms with Gasteiger partial charge in [0.1, 0.15) is 12.4 Å². The van der Waals surface area contributed by atoms with Gasteiger partial charge in [0, 0.05) is 19.2 Å². The third-order valence-corrected chi connectivity index (χ3v) is 6.61. The van der Waals surface area contributed by atoms with Gasteiger partial charge in [0.2, 0.25) is 0 Å². The van der Waals surface area contributed by atoms with Gasteiger partial charge in [0.25, 0.3) is 0 Å². The molecule has 0 saturated carbocycles. The second kappa shape index (κ2) is 9.40. The highest BCUT2D eigenvalue weighted by Crippen LogP contribution is 2.49. The molecule has 0 aromatic heterocycles. The summed E-state index contributed by atoms with van der Waals surface area (Å²) in [5.41, 5.74) is 1.98. The van der Waals surface area contributed by atoms with Crippen LogP contribution in [0.15, 0.2) is 66.4 Å². The molecule has 0 spiro atoms. The van der Waals surface area contributed by atoms with Crippen LogP contribution < -0.4 is 4.90 Å². The van der Waals surface area contributed by atoms with Crippen LogP contribution in [0.2, 0.25) is 0 Å². The predicted octanol–water partition coefficient (Wildman–Crippen LogP) is 6.37. The minimum atomic E-state index is -4.62. The molecule has 2 aromatic rings. The number of nitrogens with zero attached hydrogens (tertiary/aromatic N) is 3. The first-order chi connectivity index (χ1) is 16.5. The number of urea groups is 1. The second-order valence-electron chi connectivity index (χ2n) is 9.24. The number of alkyl halides is 3. The fraction of sp³-hybridized carbons (Fsp3) is 0.370. The maximum Gasteiger partial charge on any atom is 0.406 e. The van der Waals surface area contributed by atoms with Crippen LogP contribution in [0.1, 0.15) is 36.5 Å². The molecule has 186 valence electrons. The molecular weight excluding hydrogens is 458 g/mol. The molecule has 2 aliphatic rings. The minimum Gasteiger partial charge on any atom is -0.377 e. The van der Waals surface area contributed by atoms with Gasteiger partial charge in [-0.2, -0.15) is 13.2 Å². The summed E-state index contributed by atoms with van der Waals surface area (Å²) >= 11 is 0. The Morgan fingerprint density at radius 1 is 1.09 bits per heavy atom. The number of hydrogen-bond acceptors (Lipinski definition) is 2. The van der Waals surface area contributed by atoms with Gasteiger partial charge >= 0.3 is 12.2 Å². The van der Waals surface area contributed by atoms with Gasteiger partial charge in [-0.15, -0.1) is 0 Å². The Hall–Kier alpha value is -3.29. The number of halogens is 4. The average Bonchev–Trinajstić information content (AvgIpc) is 2.80. The number of rotatable bonds is 6. The van der Waals surface area contributed by atoms with Crippen LogP contribution in [0, 0.1) is 12.7 Å². The Morgan fingerprint density at radius 2 is 1.80 bits per heavy atom. The van der Waals surface area contributed by atoms with Gasteiger partial charge in [0.15, 0.2) is 0 Å². The fourth-order valence-electron chi connectivity index (χ4n) is 5.03. The van der Waals surface area contributed by atoms with Crippen molar-refractivity contribution in [3.8, 4) is 0 Å². The smallest absolute Gasteiger partial charge is 0.377 e. The first-order valence-electron chi connectivity index (χ1n) is 11.7. The lowest BCUT2D eigenvalue weighted by Gasteiger charge is -2.52. The maximum atomic E-state index is 14.0. The maximum absolute atomic E-state index is 14.0. The van der Waals surface area contributed by atoms with Crippen LogP contribution in [0.25, 0.3) is 0 Å². The van der Waals surface area contributed by atoms with Crippen LogP contribution in [0.4, 0.5) is 28.0 Å². The molecule has 2 heterocycles. The molecule has 8 heteroatoms. The summed E-state index contributed by atoms with van der Waals surface area (Å²) in [4.78, 5) is 18.3. The van der Waals surface area contributed by atoms with E-state index in [9.17, 15) is 22.4 Å². The monoisotopic (exact) mass is 487 g/mol. The van der Waals surface area contributed by atoms with Gasteiger partial charge in [0.05, 0.1) is 17.8 Å². The Bertz CT molecular complexity index is 1160. The summed E-state index contributed by atoms with van der Waals surface area (Å²) in [5.74, 6) is -0.489. The van der Waals surface area contributed by atoms with E-state index in [2.05, 4.69) is 0 Å². The van der Waals surface area contributed by atoms with E-state index >= 15 is 0 Å². The van der Waals surface area contributed by atoms with Crippen molar-refractivity contribution in [1.82, 2.24) is 9.80 Å². The molecular formula is C27H29F4N3O. The van der Waals surface area contributed by atoms with E-state index in [1.807, 2.05) is 56.3 Å². The van der Waals surface area contributed by atoms with Gasteiger partial charge in [-0.1, -0.05) is 49.2 Å². The van der Waals surface area contributed by atoms with Gasteiger partial charge < -0.3 is 9.80 Å². The van der Waals surface area contributed by atoms with E-state index < -0.39 is 30.1 Å². The molecule has 2 aromatic carbocycles. The zero-order valence-corrected chi connectivity index (χ0v) is 20.1. The molecule has 0 aliphatic carbocycles. The largest absolute Gasteiger partial charge is 0.406 e. The first kappa shape index (κ1) is 24.8. The van der Waals surface area contributed by atoms with E-state index in [0.29, 0.717) is 29.8 Å². The van der Waals surface area contributed by atoms with Crippen molar-refractivity contribution in [2.75, 3.05) is 31.6 Å². The number of hydrogen-bond donors (Lipinski definition) is 0. The quantitative estimate of drug-likeness (QED) is 0.443. The fourth-order valence-corrected chi connectivity index (χ4v) is 5.03. The zero-order valence-electron chi connectivity index (χ0n) is 20.1. The van der Waals surface area contributed by atoms with Crippen molar-refractivity contribution >= 4 is 11.7 Å². The van der Waals surface area contributed by atoms with Crippen molar-refractivity contribution in [3.05, 3.63) is 88.9 Å². The third kappa shape index (κ3) is 4.79. The van der Waals surface area contributed by atoms with Crippen molar-refractivity contribution < 1.29 is 22.4 Å². The van der Waals surface area contributed by atoms with Gasteiger partial charge in [-0.3, -0.25) is 4.90 Å². The van der Waals surface area contributed by atoms with Crippen LogP contribution >= 0.6 is 0 Å². The summed E-state index contributed by atoms with van der Waals surface area (Å²) in [7, 11) is 1.92. The van der Waals surface area contributed by atoms with Crippen LogP contribution in [0.5, 0.6) is 0 Å². The molecule has 0 fully saturated rings. The van der Waals surface area contributed by atoms with Crippen LogP contribution in [0.3, 0.4) is 0 Å². The summed E-state index contributed by atoms with van der Waals surface area (Å²) in [6.07, 6.45) is 1.88. The number of anilines is 1. The Morgan fingerprint density at radius 3 is 2.40 bits per heavy atom. The van der Waals surface area contributed by atoms with E-state index in [1.54, 1.807) is 6.07 Å². The third-order valence-electron chi connectivity index (χ3n) is 6.61. The SMILES string of the molecule is CCCC1(c2ccc(F)cc2)c2cc(C)ccc2N(CC2=CCN(C)C=C2)C(=O)N1CC(F)(F)F. The molecule has 1 unspecified atom stereocenters. The van der Waals surface area contributed by atoms with E-state index in [1.165, 1.54) is 29.2 Å². The molecule has 2 amide bonds. The van der Waals surface area contributed by atoms with E-state index in [0.717, 1.165) is 16.0 Å². The van der Waals surface area contributed by atoms with Crippen molar-refractivity contribution in [2.45, 2.75) is 38.4 Å². The first-order valence-corrected chi connectivity index (χ1v) is 11.7. The van der Waals surface area contributed by atoms with Crippen molar-refractivity contribution in [2.24, 2.45) is 0 Å². The molecule has 35 heavy (non-hydrogen) atoms. The Kier molecular flexibility index (Phi) is 6.66. The zero-order chi connectivity index (χ0) is 25.4. The molecule has 0 saturated heterocycles. The summed E-state index contributed by atoms with van der Waals surface area (Å²) in [5, 5.41) is 0. The molecule has 4 nitrogen and oxygen atoms in total. The summed E-state index contributed by atoms with van der Waals surface area (Å²) < 4.78 is 55.7. The lowest BCUT2D eigenvalue weighted by molar-refractivity contribution is -0.149. The molecule has 2 aliphatic heterocycles. The molecule has 0 N–H and O–H groups in total. The number of fused-ring (bicyclic) bond motifs is 1. The minimum absolute atomic E-state index is 0.152. The number of carbonyl (C=O) groups excluding carboxylic acids is 1. The van der Waals surface area contributed by atoms with Crippen LogP contribution in [-0.2, 0) is 5.54 Å². The lowest BCUT2D eigenvalue weighted by Crippen LogP contribution is -2.61. The highest BCUT2D eigenvalue weighted by molar-refractivity contribution is 5.97. The van der Waals surface area contributed by atoms with Crippen molar-refractivity contribution in [1.29, 1.82) is 0 Å². The number of carbonyl (C=O) groups is 1. The van der Waals surface area contributed by atoms with E-state index in [4.69, 9.17) is 0 Å². The number of amides is 2. The molecule has 4 rings (SSSR count). The average molecular weight is 488 g/mol. The normalized spacial score (nSPS) is 20.3. The summed E-state index contributed by atoms with van der Waals surface area (Å²) in [6, 6.07) is 10.3. The van der Waals surface area contributed by atoms with Gasteiger partial charge in [-0.05, 0) is 55.0 Å². The molecule has 0 bridgehead atoms. The Balaban J connectivity index is 1.95. The van der Waals surface area contributed by atoms with Gasteiger partial charge in [-0.25, -0.2) is 9.18 Å². The summed E-state index contributed by atoms with van der Waals surface area (Å²) in [6.45, 7) is 3.14. The highest BCUT2D eigenvalue weighted by Gasteiger charge is 2.53.